The summed E-state index contributed by atoms with van der Waals surface area (Å²) in [6.45, 7) is 0.0335. The maximum absolute atomic E-state index is 15.3. The average Bonchev–Trinajstić information content (AvgIpc) is 3.12. The number of nitrogens with zero attached hydrogens (tertiary/aromatic N) is 1. The van der Waals surface area contributed by atoms with E-state index >= 15 is 4.39 Å². The molecule has 0 aliphatic carbocycles. The number of nitrogens with one attached hydrogen (secondary N) is 2. The summed E-state index contributed by atoms with van der Waals surface area (Å²) in [6, 6.07) is 8.33. The van der Waals surface area contributed by atoms with E-state index in [2.05, 4.69) is 11.0 Å². The number of terminal acetylenes is 1. The highest BCUT2D eigenvalue weighted by Crippen LogP contribution is 2.48. The molecule has 39 heavy (non-hydrogen) atoms. The van der Waals surface area contributed by atoms with Gasteiger partial charge in [0.15, 0.2) is 12.4 Å². The monoisotopic (exact) mass is 585 g/mol. The number of H-pyrrole nitrogens is 1. The fourth-order valence-electron chi connectivity index (χ4n) is 3.53. The normalized spacial score (nSPS) is 25.0. The van der Waals surface area contributed by atoms with Crippen molar-refractivity contribution < 1.29 is 37.5 Å². The Bertz CT molecular complexity index is 1350. The van der Waals surface area contributed by atoms with Crippen LogP contribution < -0.4 is 20.9 Å². The largest absolute Gasteiger partial charge is 0.462 e. The summed E-state index contributed by atoms with van der Waals surface area (Å²) < 4.78 is 44.3. The van der Waals surface area contributed by atoms with Gasteiger partial charge in [-0.2, -0.15) is 0 Å². The van der Waals surface area contributed by atoms with Crippen molar-refractivity contribution in [1.29, 1.82) is 0 Å². The number of hydrogen-bond donors (Lipinski definition) is 3. The van der Waals surface area contributed by atoms with Gasteiger partial charge in [-0.25, -0.2) is 14.3 Å². The molecule has 0 saturated carbocycles. The number of aromatic amines is 1. The van der Waals surface area contributed by atoms with Crippen molar-refractivity contribution in [2.75, 3.05) is 13.2 Å². The van der Waals surface area contributed by atoms with Gasteiger partial charge < -0.3 is 28.4 Å². The number of rotatable bonds is 12. The Morgan fingerprint density at radius 3 is 2.64 bits per heavy atom. The second kappa shape index (κ2) is 13.0. The number of aliphatic hydroxyl groups excluding tert-OH is 1. The molecule has 1 aliphatic rings. The summed E-state index contributed by atoms with van der Waals surface area (Å²) in [6.07, 6.45) is -0.0185. The number of carbonyl (C=O) groups is 1. The third kappa shape index (κ3) is 7.61. The van der Waals surface area contributed by atoms with E-state index in [1.165, 1.54) is 6.92 Å². The third-order valence-electron chi connectivity index (χ3n) is 5.33. The van der Waals surface area contributed by atoms with E-state index in [0.29, 0.717) is 5.75 Å². The molecular weight excluding hydrogens is 556 g/mol. The van der Waals surface area contributed by atoms with E-state index in [0.717, 1.165) is 16.8 Å². The molecule has 0 bridgehead atoms. The first-order valence-electron chi connectivity index (χ1n) is 11.8. The molecule has 6 atom stereocenters. The van der Waals surface area contributed by atoms with E-state index in [9.17, 15) is 19.5 Å². The van der Waals surface area contributed by atoms with Crippen molar-refractivity contribution in [3.8, 4) is 18.1 Å². The molecular formula is C24H29FN3O9PS. The molecule has 1 fully saturated rings. The number of aromatic nitrogens is 2. The summed E-state index contributed by atoms with van der Waals surface area (Å²) in [5, 5.41) is 13.7. The molecule has 1 saturated heterocycles. The smallest absolute Gasteiger partial charge is 0.330 e. The molecule has 1 aromatic carbocycles. The topological polar surface area (TPSA) is 150 Å². The average molecular weight is 586 g/mol. The Balaban J connectivity index is 1.91. The quantitative estimate of drug-likeness (QED) is 0.188. The van der Waals surface area contributed by atoms with Crippen LogP contribution in [0.3, 0.4) is 0 Å². The Hall–Kier alpha value is -2.89. The van der Waals surface area contributed by atoms with Crippen LogP contribution >= 0.6 is 6.64 Å². The van der Waals surface area contributed by atoms with Crippen LogP contribution in [0.15, 0.2) is 52.2 Å². The first-order chi connectivity index (χ1) is 18.4. The first kappa shape index (κ1) is 30.6. The zero-order chi connectivity index (χ0) is 28.8. The number of para-hydroxylation sites is 1. The van der Waals surface area contributed by atoms with Gasteiger partial charge in [0.2, 0.25) is 5.79 Å². The highest BCUT2D eigenvalue weighted by atomic mass is 32.5. The maximum atomic E-state index is 15.3. The molecule has 12 nitrogen and oxygen atoms in total. The fourth-order valence-corrected chi connectivity index (χ4v) is 5.93. The minimum absolute atomic E-state index is 0.297. The van der Waals surface area contributed by atoms with Gasteiger partial charge in [0, 0.05) is 12.3 Å². The number of esters is 1. The zero-order valence-electron chi connectivity index (χ0n) is 21.3. The van der Waals surface area contributed by atoms with Crippen LogP contribution in [-0.4, -0.2) is 64.0 Å². The molecule has 3 rings (SSSR count). The van der Waals surface area contributed by atoms with Crippen molar-refractivity contribution in [3.63, 3.8) is 0 Å². The number of benzene rings is 1. The summed E-state index contributed by atoms with van der Waals surface area (Å²) in [5.41, 5.74) is -1.69. The minimum atomic E-state index is -3.65. The number of alkyl halides is 1. The van der Waals surface area contributed by atoms with Crippen LogP contribution in [0.5, 0.6) is 5.75 Å². The predicted molar refractivity (Wildman–Crippen MR) is 141 cm³/mol. The van der Waals surface area contributed by atoms with Crippen LogP contribution in [0.25, 0.3) is 0 Å². The summed E-state index contributed by atoms with van der Waals surface area (Å²) >= 11 is 5.64. The number of carbonyl (C=O) groups excluding carboxylic acids is 1. The predicted octanol–water partition coefficient (Wildman–Crippen LogP) is 1.36. The Kier molecular flexibility index (Phi) is 10.2. The Morgan fingerprint density at radius 2 is 2.03 bits per heavy atom. The molecule has 0 radical (unpaired) electrons. The van der Waals surface area contributed by atoms with Crippen molar-refractivity contribution in [3.05, 3.63) is 63.4 Å². The molecule has 3 N–H and O–H groups in total. The highest BCUT2D eigenvalue weighted by Gasteiger charge is 2.58. The van der Waals surface area contributed by atoms with E-state index in [-0.39, 0.29) is 0 Å². The van der Waals surface area contributed by atoms with Crippen LogP contribution in [0, 0.1) is 12.3 Å². The van der Waals surface area contributed by atoms with Crippen molar-refractivity contribution >= 4 is 24.4 Å². The lowest BCUT2D eigenvalue weighted by Gasteiger charge is -2.34. The van der Waals surface area contributed by atoms with Gasteiger partial charge in [0.05, 0.1) is 6.10 Å². The van der Waals surface area contributed by atoms with Crippen molar-refractivity contribution in [2.24, 2.45) is 0 Å². The molecule has 212 valence electrons. The Morgan fingerprint density at radius 1 is 1.33 bits per heavy atom. The second-order valence-corrected chi connectivity index (χ2v) is 11.9. The zero-order valence-corrected chi connectivity index (χ0v) is 23.0. The van der Waals surface area contributed by atoms with Gasteiger partial charge in [-0.15, -0.1) is 6.42 Å². The molecule has 2 aromatic rings. The van der Waals surface area contributed by atoms with Gasteiger partial charge in [0.1, 0.15) is 31.1 Å². The van der Waals surface area contributed by atoms with E-state index in [1.54, 1.807) is 44.2 Å². The fraction of sp³-hybridized carbons (Fsp3) is 0.458. The van der Waals surface area contributed by atoms with Crippen molar-refractivity contribution in [2.45, 2.75) is 57.2 Å². The van der Waals surface area contributed by atoms with Crippen LogP contribution in [-0.2, 0) is 35.3 Å². The lowest BCUT2D eigenvalue weighted by molar-refractivity contribution is -0.273. The standard InChI is InChI=1S/C24H29FN3O9PS/c1-5-13-33-24(20(30)19(25)21(36-24)28-12-11-18(29)26-23(28)32)14-34-38(39,37-17-9-7-6-8-10-17)27-16(4)22(31)35-15(2)3/h1,6-12,15-16,19-21,30H,13-14H2,2-4H3,(H,27,39)(H,26,29,32). The number of aliphatic hydroxyl groups is 1. The molecule has 6 unspecified atom stereocenters. The number of halogens is 1. The highest BCUT2D eigenvalue weighted by molar-refractivity contribution is 8.09. The van der Waals surface area contributed by atoms with Gasteiger partial charge in [-0.3, -0.25) is 19.1 Å². The summed E-state index contributed by atoms with van der Waals surface area (Å²) in [4.78, 5) is 38.2. The lowest BCUT2D eigenvalue weighted by Crippen LogP contribution is -2.49. The molecule has 2 heterocycles. The van der Waals surface area contributed by atoms with Gasteiger partial charge in [-0.05, 0) is 44.7 Å². The van der Waals surface area contributed by atoms with Gasteiger partial charge in [0.25, 0.3) is 5.56 Å². The minimum Gasteiger partial charge on any atom is -0.462 e. The van der Waals surface area contributed by atoms with Gasteiger partial charge in [-0.1, -0.05) is 24.1 Å². The van der Waals surface area contributed by atoms with Gasteiger partial charge >= 0.3 is 18.3 Å². The van der Waals surface area contributed by atoms with E-state index in [4.69, 9.17) is 41.5 Å². The summed E-state index contributed by atoms with van der Waals surface area (Å²) in [5.74, 6) is -0.384. The van der Waals surface area contributed by atoms with E-state index < -0.39 is 73.5 Å². The lowest BCUT2D eigenvalue weighted by atomic mass is 10.1. The molecule has 1 aliphatic heterocycles. The molecule has 0 spiro atoms. The first-order valence-corrected chi connectivity index (χ1v) is 14.4. The maximum Gasteiger partial charge on any atom is 0.330 e. The van der Waals surface area contributed by atoms with Crippen LogP contribution in [0.2, 0.25) is 0 Å². The second-order valence-electron chi connectivity index (χ2n) is 8.73. The molecule has 0 amide bonds. The van der Waals surface area contributed by atoms with Crippen molar-refractivity contribution in [1.82, 2.24) is 14.6 Å². The molecule has 15 heteroatoms. The number of hydrogen-bond acceptors (Lipinski definition) is 10. The SMILES string of the molecule is C#CCOC1(COP(=S)(NC(C)C(=O)OC(C)C)Oc2ccccc2)OC(n2ccc(=O)[nH]c2=O)C(F)C1O. The third-order valence-corrected chi connectivity index (χ3v) is 7.81. The molecule has 1 aromatic heterocycles. The number of ether oxygens (including phenoxy) is 3. The van der Waals surface area contributed by atoms with Crippen LogP contribution in [0.4, 0.5) is 4.39 Å². The van der Waals surface area contributed by atoms with E-state index in [1.807, 2.05) is 4.98 Å². The van der Waals surface area contributed by atoms with Crippen LogP contribution in [0.1, 0.15) is 27.0 Å². The summed E-state index contributed by atoms with van der Waals surface area (Å²) in [7, 11) is 0. The Labute approximate surface area is 228 Å².